The van der Waals surface area contributed by atoms with Gasteiger partial charge in [0, 0.05) is 31.2 Å². The van der Waals surface area contributed by atoms with Gasteiger partial charge in [0.2, 0.25) is 10.0 Å². The van der Waals surface area contributed by atoms with Crippen LogP contribution in [0.4, 0.5) is 5.69 Å². The van der Waals surface area contributed by atoms with Crippen molar-refractivity contribution in [3.63, 3.8) is 0 Å². The first-order chi connectivity index (χ1) is 9.01. The van der Waals surface area contributed by atoms with Crippen molar-refractivity contribution in [1.29, 1.82) is 0 Å². The Balaban J connectivity index is 0.00000147. The monoisotopic (exact) mass is 319 g/mol. The number of benzene rings is 1. The van der Waals surface area contributed by atoms with Gasteiger partial charge in [-0.15, -0.1) is 12.4 Å². The molecule has 110 valence electrons. The number of fused-ring (bicyclic) bond motifs is 1. The van der Waals surface area contributed by atoms with Crippen LogP contribution in [0.25, 0.3) is 0 Å². The van der Waals surface area contributed by atoms with Gasteiger partial charge in [0.15, 0.2) is 4.90 Å². The number of hydrogen-bond donors (Lipinski definition) is 1. The van der Waals surface area contributed by atoms with Crippen LogP contribution in [-0.2, 0) is 10.0 Å². The Morgan fingerprint density at radius 2 is 2.05 bits per heavy atom. The molecular formula is C11H14ClN3O4S. The molecule has 1 heterocycles. The van der Waals surface area contributed by atoms with E-state index in [4.69, 9.17) is 0 Å². The highest BCUT2D eigenvalue weighted by Gasteiger charge is 2.50. The lowest BCUT2D eigenvalue weighted by Gasteiger charge is -2.26. The van der Waals surface area contributed by atoms with Crippen LogP contribution in [0.5, 0.6) is 0 Å². The molecule has 1 saturated carbocycles. The Hall–Kier alpha value is -1.22. The van der Waals surface area contributed by atoms with Gasteiger partial charge in [0.25, 0.3) is 5.69 Å². The molecule has 1 aromatic rings. The van der Waals surface area contributed by atoms with E-state index in [1.54, 1.807) is 0 Å². The summed E-state index contributed by atoms with van der Waals surface area (Å²) >= 11 is 0. The van der Waals surface area contributed by atoms with Crippen LogP contribution in [0, 0.1) is 10.1 Å². The number of nitrogens with one attached hydrogen (secondary N) is 1. The van der Waals surface area contributed by atoms with Crippen LogP contribution in [0.1, 0.15) is 6.42 Å². The van der Waals surface area contributed by atoms with E-state index in [1.165, 1.54) is 28.6 Å². The van der Waals surface area contributed by atoms with Gasteiger partial charge in [-0.3, -0.25) is 10.1 Å². The topological polar surface area (TPSA) is 92.5 Å². The first kappa shape index (κ1) is 15.2. The quantitative estimate of drug-likeness (QED) is 0.655. The van der Waals surface area contributed by atoms with E-state index >= 15 is 0 Å². The molecular weight excluding hydrogens is 306 g/mol. The number of hydrogen-bond acceptors (Lipinski definition) is 5. The number of piperazine rings is 1. The third kappa shape index (κ3) is 2.39. The Morgan fingerprint density at radius 3 is 2.75 bits per heavy atom. The van der Waals surface area contributed by atoms with E-state index in [9.17, 15) is 18.5 Å². The first-order valence-corrected chi connectivity index (χ1v) is 7.44. The van der Waals surface area contributed by atoms with E-state index in [-0.39, 0.29) is 35.1 Å². The van der Waals surface area contributed by atoms with Gasteiger partial charge in [-0.05, 0) is 12.5 Å². The smallest absolute Gasteiger partial charge is 0.289 e. The van der Waals surface area contributed by atoms with Crippen molar-refractivity contribution in [2.75, 3.05) is 13.1 Å². The summed E-state index contributed by atoms with van der Waals surface area (Å²) in [5.74, 6) is 0. The van der Waals surface area contributed by atoms with Gasteiger partial charge in [-0.2, -0.15) is 4.31 Å². The van der Waals surface area contributed by atoms with Crippen molar-refractivity contribution >= 4 is 28.1 Å². The molecule has 7 nitrogen and oxygen atoms in total. The minimum atomic E-state index is -3.79. The van der Waals surface area contributed by atoms with Crippen molar-refractivity contribution < 1.29 is 13.3 Å². The molecule has 1 aliphatic heterocycles. The molecule has 0 radical (unpaired) electrons. The number of nitrogens with zero attached hydrogens (tertiary/aromatic N) is 2. The maximum Gasteiger partial charge on any atom is 0.289 e. The standard InChI is InChI=1S/C11H13N3O4S.ClH/c15-14(16)9-3-1-2-4-11(9)19(17,18)13-6-5-12-8-7-10(8)13;/h1-4,8,10,12H,5-7H2;1H. The Bertz CT molecular complexity index is 636. The molecule has 2 fully saturated rings. The van der Waals surface area contributed by atoms with E-state index in [2.05, 4.69) is 5.32 Å². The van der Waals surface area contributed by atoms with Crippen molar-refractivity contribution in [2.24, 2.45) is 0 Å². The number of nitro benzene ring substituents is 1. The summed E-state index contributed by atoms with van der Waals surface area (Å²) in [4.78, 5) is 10.1. The fourth-order valence-electron chi connectivity index (χ4n) is 2.50. The molecule has 9 heteroatoms. The predicted octanol–water partition coefficient (Wildman–Crippen LogP) is 0.751. The van der Waals surface area contributed by atoms with Crippen LogP contribution >= 0.6 is 12.4 Å². The average molecular weight is 320 g/mol. The molecule has 0 aromatic heterocycles. The molecule has 2 atom stereocenters. The van der Waals surface area contributed by atoms with Crippen molar-refractivity contribution in [3.8, 4) is 0 Å². The summed E-state index contributed by atoms with van der Waals surface area (Å²) in [5, 5.41) is 14.2. The summed E-state index contributed by atoms with van der Waals surface area (Å²) in [6.45, 7) is 0.941. The summed E-state index contributed by atoms with van der Waals surface area (Å²) in [6.07, 6.45) is 0.778. The zero-order valence-corrected chi connectivity index (χ0v) is 12.1. The molecule has 0 bridgehead atoms. The van der Waals surface area contributed by atoms with Gasteiger partial charge < -0.3 is 5.32 Å². The van der Waals surface area contributed by atoms with Gasteiger partial charge >= 0.3 is 0 Å². The van der Waals surface area contributed by atoms with Gasteiger partial charge in [0.05, 0.1) is 4.92 Å². The highest BCUT2D eigenvalue weighted by molar-refractivity contribution is 7.89. The second-order valence-corrected chi connectivity index (χ2v) is 6.56. The highest BCUT2D eigenvalue weighted by atomic mass is 35.5. The van der Waals surface area contributed by atoms with Crippen molar-refractivity contribution in [2.45, 2.75) is 23.4 Å². The lowest BCUT2D eigenvalue weighted by atomic mass is 10.3. The maximum atomic E-state index is 12.5. The third-order valence-corrected chi connectivity index (χ3v) is 5.49. The lowest BCUT2D eigenvalue weighted by molar-refractivity contribution is -0.387. The van der Waals surface area contributed by atoms with E-state index in [0.717, 1.165) is 6.42 Å². The summed E-state index contributed by atoms with van der Waals surface area (Å²) in [5.41, 5.74) is -0.363. The number of nitro groups is 1. The fourth-order valence-corrected chi connectivity index (χ4v) is 4.33. The zero-order chi connectivity index (χ0) is 13.6. The molecule has 3 rings (SSSR count). The Labute approximate surface area is 122 Å². The third-order valence-electron chi connectivity index (χ3n) is 3.51. The van der Waals surface area contributed by atoms with E-state index in [0.29, 0.717) is 13.1 Å². The Morgan fingerprint density at radius 1 is 1.35 bits per heavy atom. The number of sulfonamides is 1. The maximum absolute atomic E-state index is 12.5. The zero-order valence-electron chi connectivity index (χ0n) is 10.4. The number of halogens is 1. The van der Waals surface area contributed by atoms with Crippen LogP contribution in [0.15, 0.2) is 29.2 Å². The predicted molar refractivity (Wildman–Crippen MR) is 74.4 cm³/mol. The summed E-state index contributed by atoms with van der Waals surface area (Å²) in [7, 11) is -3.79. The molecule has 1 aliphatic carbocycles. The summed E-state index contributed by atoms with van der Waals surface area (Å²) < 4.78 is 26.5. The molecule has 1 aromatic carbocycles. The van der Waals surface area contributed by atoms with Crippen LogP contribution in [0.3, 0.4) is 0 Å². The first-order valence-electron chi connectivity index (χ1n) is 6.00. The van der Waals surface area contributed by atoms with Crippen LogP contribution < -0.4 is 5.32 Å². The normalized spacial score (nSPS) is 25.4. The van der Waals surface area contributed by atoms with E-state index < -0.39 is 14.9 Å². The minimum absolute atomic E-state index is 0. The molecule has 1 saturated heterocycles. The SMILES string of the molecule is Cl.O=[N+]([O-])c1ccccc1S(=O)(=O)N1CCNC2CC21. The molecule has 2 aliphatic rings. The van der Waals surface area contributed by atoms with Crippen molar-refractivity contribution in [1.82, 2.24) is 9.62 Å². The van der Waals surface area contributed by atoms with E-state index in [1.807, 2.05) is 0 Å². The number of para-hydroxylation sites is 1. The lowest BCUT2D eigenvalue weighted by Crippen LogP contribution is -2.46. The second kappa shape index (κ2) is 5.28. The van der Waals surface area contributed by atoms with Crippen molar-refractivity contribution in [3.05, 3.63) is 34.4 Å². The van der Waals surface area contributed by atoms with Gasteiger partial charge in [0.1, 0.15) is 0 Å². The second-order valence-electron chi connectivity index (χ2n) is 4.70. The Kier molecular flexibility index (Phi) is 4.01. The molecule has 2 unspecified atom stereocenters. The fraction of sp³-hybridized carbons (Fsp3) is 0.455. The van der Waals surface area contributed by atoms with Gasteiger partial charge in [-0.1, -0.05) is 12.1 Å². The summed E-state index contributed by atoms with van der Waals surface area (Å²) in [6, 6.07) is 5.64. The van der Waals surface area contributed by atoms with Gasteiger partial charge in [-0.25, -0.2) is 8.42 Å². The molecule has 0 amide bonds. The molecule has 20 heavy (non-hydrogen) atoms. The largest absolute Gasteiger partial charge is 0.311 e. The molecule has 1 N–H and O–H groups in total. The highest BCUT2D eigenvalue weighted by Crippen LogP contribution is 2.36. The van der Waals surface area contributed by atoms with Crippen LogP contribution in [-0.4, -0.2) is 42.8 Å². The average Bonchev–Trinajstić information content (AvgIpc) is 3.17. The minimum Gasteiger partial charge on any atom is -0.311 e. The number of rotatable bonds is 3. The molecule has 0 spiro atoms. The van der Waals surface area contributed by atoms with Crippen LogP contribution in [0.2, 0.25) is 0 Å².